The van der Waals surface area contributed by atoms with Crippen molar-refractivity contribution in [3.63, 3.8) is 0 Å². The zero-order valence-corrected chi connectivity index (χ0v) is 10.2. The maximum Gasteiger partial charge on any atom is 0.339 e. The van der Waals surface area contributed by atoms with Crippen molar-refractivity contribution in [2.45, 2.75) is 13.0 Å². The number of benzene rings is 1. The third-order valence-electron chi connectivity index (χ3n) is 2.37. The van der Waals surface area contributed by atoms with Gasteiger partial charge in [-0.15, -0.1) is 0 Å². The Labute approximate surface area is 107 Å². The number of esters is 1. The summed E-state index contributed by atoms with van der Waals surface area (Å²) in [6.45, 7) is 1.51. The third kappa shape index (κ3) is 2.09. The Bertz CT molecular complexity index is 491. The van der Waals surface area contributed by atoms with Crippen LogP contribution < -0.4 is 9.47 Å². The average molecular weight is 277 g/mol. The lowest BCUT2D eigenvalue weighted by molar-refractivity contribution is -0.153. The van der Waals surface area contributed by atoms with E-state index in [-0.39, 0.29) is 35.5 Å². The van der Waals surface area contributed by atoms with Crippen LogP contribution in [0.4, 0.5) is 4.39 Å². The summed E-state index contributed by atoms with van der Waals surface area (Å²) in [6.07, 6.45) is -1.81. The molecule has 1 aliphatic heterocycles. The maximum absolute atomic E-state index is 13.9. The molecule has 0 saturated heterocycles. The molecule has 0 saturated carbocycles. The van der Waals surface area contributed by atoms with Crippen molar-refractivity contribution < 1.29 is 28.5 Å². The van der Waals surface area contributed by atoms with Crippen molar-refractivity contribution in [2.24, 2.45) is 0 Å². The second-order valence-electron chi connectivity index (χ2n) is 3.47. The van der Waals surface area contributed by atoms with Crippen LogP contribution in [0.1, 0.15) is 18.6 Å². The lowest BCUT2D eigenvalue weighted by Crippen LogP contribution is -2.17. The standard InChI is InChI=1S/C11H10ClFO5/c1-2-16-11(15)9(14)7-8(13)5(12)3-6-10(7)18-4-17-6/h3,9,14H,2,4H2,1H3. The number of aliphatic hydroxyl groups is 1. The second kappa shape index (κ2) is 4.99. The molecule has 1 atom stereocenters. The SMILES string of the molecule is CCOC(=O)C(O)c1c(F)c(Cl)cc2c1OCO2. The fourth-order valence-corrected chi connectivity index (χ4v) is 1.80. The Hall–Kier alpha value is -1.53. The van der Waals surface area contributed by atoms with Gasteiger partial charge in [-0.2, -0.15) is 0 Å². The highest BCUT2D eigenvalue weighted by Gasteiger charge is 2.32. The van der Waals surface area contributed by atoms with Crippen LogP contribution in [0, 0.1) is 5.82 Å². The summed E-state index contributed by atoms with van der Waals surface area (Å²) in [6, 6.07) is 1.22. The number of aliphatic hydroxyl groups excluding tert-OH is 1. The minimum absolute atomic E-state index is 0.0301. The van der Waals surface area contributed by atoms with Crippen LogP contribution in [0.5, 0.6) is 11.5 Å². The second-order valence-corrected chi connectivity index (χ2v) is 3.88. The fourth-order valence-electron chi connectivity index (χ4n) is 1.60. The molecule has 18 heavy (non-hydrogen) atoms. The number of halogens is 2. The van der Waals surface area contributed by atoms with E-state index in [1.807, 2.05) is 0 Å². The monoisotopic (exact) mass is 276 g/mol. The van der Waals surface area contributed by atoms with E-state index in [0.717, 1.165) is 0 Å². The number of hydrogen-bond donors (Lipinski definition) is 1. The molecule has 1 heterocycles. The van der Waals surface area contributed by atoms with Crippen LogP contribution in [-0.4, -0.2) is 24.5 Å². The van der Waals surface area contributed by atoms with E-state index in [4.69, 9.17) is 21.1 Å². The molecule has 1 N–H and O–H groups in total. The highest BCUT2D eigenvalue weighted by Crippen LogP contribution is 2.43. The molecule has 2 rings (SSSR count). The molecule has 0 aromatic heterocycles. The van der Waals surface area contributed by atoms with E-state index >= 15 is 0 Å². The maximum atomic E-state index is 13.9. The van der Waals surface area contributed by atoms with Crippen LogP contribution in [-0.2, 0) is 9.53 Å². The van der Waals surface area contributed by atoms with E-state index in [1.165, 1.54) is 6.07 Å². The van der Waals surface area contributed by atoms with Gasteiger partial charge in [-0.3, -0.25) is 0 Å². The van der Waals surface area contributed by atoms with Crippen LogP contribution in [0.2, 0.25) is 5.02 Å². The van der Waals surface area contributed by atoms with Crippen LogP contribution in [0.15, 0.2) is 6.07 Å². The number of rotatable bonds is 3. The van der Waals surface area contributed by atoms with Gasteiger partial charge in [0.1, 0.15) is 0 Å². The Morgan fingerprint density at radius 1 is 1.67 bits per heavy atom. The van der Waals surface area contributed by atoms with E-state index in [2.05, 4.69) is 4.74 Å². The molecule has 0 aliphatic carbocycles. The lowest BCUT2D eigenvalue weighted by Gasteiger charge is -2.13. The molecule has 0 radical (unpaired) electrons. The number of carbonyl (C=O) groups excluding carboxylic acids is 1. The van der Waals surface area contributed by atoms with Crippen LogP contribution in [0.3, 0.4) is 0 Å². The molecule has 1 unspecified atom stereocenters. The summed E-state index contributed by atoms with van der Waals surface area (Å²) in [5.41, 5.74) is -0.367. The van der Waals surface area contributed by atoms with Gasteiger partial charge in [-0.05, 0) is 6.92 Å². The summed E-state index contributed by atoms with van der Waals surface area (Å²) < 4.78 is 28.5. The third-order valence-corrected chi connectivity index (χ3v) is 2.65. The number of hydrogen-bond acceptors (Lipinski definition) is 5. The molecule has 1 aliphatic rings. The quantitative estimate of drug-likeness (QED) is 0.853. The van der Waals surface area contributed by atoms with Crippen molar-refractivity contribution in [1.29, 1.82) is 0 Å². The van der Waals surface area contributed by atoms with Gasteiger partial charge in [0.25, 0.3) is 0 Å². The predicted octanol–water partition coefficient (Wildman–Crippen LogP) is 1.80. The van der Waals surface area contributed by atoms with E-state index in [9.17, 15) is 14.3 Å². The first-order chi connectivity index (χ1) is 8.56. The van der Waals surface area contributed by atoms with Gasteiger partial charge >= 0.3 is 5.97 Å². The first-order valence-corrected chi connectivity index (χ1v) is 5.56. The summed E-state index contributed by atoms with van der Waals surface area (Å²) in [4.78, 5) is 11.4. The molecule has 5 nitrogen and oxygen atoms in total. The smallest absolute Gasteiger partial charge is 0.339 e. The van der Waals surface area contributed by atoms with Crippen molar-refractivity contribution in [1.82, 2.24) is 0 Å². The van der Waals surface area contributed by atoms with E-state index in [0.29, 0.717) is 0 Å². The first-order valence-electron chi connectivity index (χ1n) is 5.18. The Morgan fingerprint density at radius 3 is 3.06 bits per heavy atom. The number of ether oxygens (including phenoxy) is 3. The van der Waals surface area contributed by atoms with Gasteiger partial charge in [0.2, 0.25) is 6.79 Å². The summed E-state index contributed by atoms with van der Waals surface area (Å²) >= 11 is 5.65. The van der Waals surface area contributed by atoms with Gasteiger partial charge in [0, 0.05) is 6.07 Å². The lowest BCUT2D eigenvalue weighted by atomic mass is 10.1. The minimum Gasteiger partial charge on any atom is -0.464 e. The van der Waals surface area contributed by atoms with Crippen molar-refractivity contribution in [2.75, 3.05) is 13.4 Å². The zero-order valence-electron chi connectivity index (χ0n) is 9.41. The Kier molecular flexibility index (Phi) is 3.58. The fraction of sp³-hybridized carbons (Fsp3) is 0.364. The molecule has 0 amide bonds. The molecule has 7 heteroatoms. The van der Waals surface area contributed by atoms with Crippen LogP contribution in [0.25, 0.3) is 0 Å². The van der Waals surface area contributed by atoms with Crippen molar-refractivity contribution in [3.8, 4) is 11.5 Å². The molecule has 0 fully saturated rings. The highest BCUT2D eigenvalue weighted by atomic mass is 35.5. The summed E-state index contributed by atoms with van der Waals surface area (Å²) in [5.74, 6) is -1.75. The van der Waals surface area contributed by atoms with Gasteiger partial charge in [-0.1, -0.05) is 11.6 Å². The van der Waals surface area contributed by atoms with E-state index in [1.54, 1.807) is 6.92 Å². The summed E-state index contributed by atoms with van der Waals surface area (Å²) in [7, 11) is 0. The van der Waals surface area contributed by atoms with Crippen molar-refractivity contribution in [3.05, 3.63) is 22.5 Å². The number of fused-ring (bicyclic) bond motifs is 1. The van der Waals surface area contributed by atoms with Gasteiger partial charge in [0.05, 0.1) is 17.2 Å². The van der Waals surface area contributed by atoms with Crippen molar-refractivity contribution >= 4 is 17.6 Å². The van der Waals surface area contributed by atoms with E-state index < -0.39 is 17.9 Å². The molecular formula is C11H10ClFO5. The zero-order chi connectivity index (χ0) is 13.3. The molecule has 1 aromatic rings. The van der Waals surface area contributed by atoms with Gasteiger partial charge in [-0.25, -0.2) is 9.18 Å². The number of carbonyl (C=O) groups is 1. The first kappa shape index (κ1) is 12.9. The topological polar surface area (TPSA) is 65.0 Å². The predicted molar refractivity (Wildman–Crippen MR) is 59.1 cm³/mol. The average Bonchev–Trinajstić information content (AvgIpc) is 2.77. The molecule has 1 aromatic carbocycles. The summed E-state index contributed by atoms with van der Waals surface area (Å²) in [5, 5.41) is 9.51. The molecule has 98 valence electrons. The minimum atomic E-state index is -1.81. The highest BCUT2D eigenvalue weighted by molar-refractivity contribution is 6.31. The normalized spacial score (nSPS) is 14.4. The molecule has 0 bridgehead atoms. The Morgan fingerprint density at radius 2 is 2.39 bits per heavy atom. The van der Waals surface area contributed by atoms with Gasteiger partial charge < -0.3 is 19.3 Å². The van der Waals surface area contributed by atoms with Crippen LogP contribution >= 0.6 is 11.6 Å². The molecule has 0 spiro atoms. The molecular weight excluding hydrogens is 267 g/mol. The Balaban J connectivity index is 2.46. The largest absolute Gasteiger partial charge is 0.464 e. The van der Waals surface area contributed by atoms with Gasteiger partial charge in [0.15, 0.2) is 23.4 Å².